The zero-order chi connectivity index (χ0) is 13.6. The summed E-state index contributed by atoms with van der Waals surface area (Å²) in [6.45, 7) is 6.96. The number of hydrogen-bond donors (Lipinski definition) is 2. The van der Waals surface area contributed by atoms with Crippen LogP contribution in [0.3, 0.4) is 0 Å². The summed E-state index contributed by atoms with van der Waals surface area (Å²) in [4.78, 5) is 0. The summed E-state index contributed by atoms with van der Waals surface area (Å²) in [7, 11) is 1.90. The third-order valence-electron chi connectivity index (χ3n) is 2.27. The molecule has 4 heteroatoms. The Morgan fingerprint density at radius 2 is 1.94 bits per heavy atom. The lowest BCUT2D eigenvalue weighted by atomic mass is 10.1. The van der Waals surface area contributed by atoms with Gasteiger partial charge in [0.25, 0.3) is 0 Å². The van der Waals surface area contributed by atoms with Gasteiger partial charge in [0.05, 0.1) is 12.2 Å². The van der Waals surface area contributed by atoms with E-state index in [-0.39, 0.29) is 6.61 Å². The van der Waals surface area contributed by atoms with Crippen molar-refractivity contribution in [3.63, 3.8) is 0 Å². The zero-order valence-corrected chi connectivity index (χ0v) is 11.6. The van der Waals surface area contributed by atoms with Crippen molar-refractivity contribution in [2.75, 3.05) is 20.3 Å². The molecule has 0 aliphatic carbocycles. The van der Waals surface area contributed by atoms with Crippen LogP contribution in [0.25, 0.3) is 0 Å². The third kappa shape index (κ3) is 4.94. The standard InChI is InChI=1S/C14H23NO3/c1-5-17-13-8-11(9-15-4)6-7-12(13)18-10-14(2,3)16/h6-8,15-16H,5,9-10H2,1-4H3. The smallest absolute Gasteiger partial charge is 0.161 e. The average Bonchev–Trinajstić information content (AvgIpc) is 2.28. The summed E-state index contributed by atoms with van der Waals surface area (Å²) in [5.41, 5.74) is 0.282. The van der Waals surface area contributed by atoms with Crippen LogP contribution >= 0.6 is 0 Å². The summed E-state index contributed by atoms with van der Waals surface area (Å²) in [5, 5.41) is 12.8. The molecule has 0 aliphatic heterocycles. The predicted molar refractivity (Wildman–Crippen MR) is 72.2 cm³/mol. The van der Waals surface area contributed by atoms with Gasteiger partial charge < -0.3 is 19.9 Å². The molecule has 0 bridgehead atoms. The molecule has 0 aromatic heterocycles. The lowest BCUT2D eigenvalue weighted by Gasteiger charge is -2.19. The first-order valence-corrected chi connectivity index (χ1v) is 6.22. The third-order valence-corrected chi connectivity index (χ3v) is 2.27. The van der Waals surface area contributed by atoms with Gasteiger partial charge in [0, 0.05) is 6.54 Å². The average molecular weight is 253 g/mol. The van der Waals surface area contributed by atoms with Gasteiger partial charge in [-0.15, -0.1) is 0 Å². The van der Waals surface area contributed by atoms with Crippen molar-refractivity contribution in [1.29, 1.82) is 0 Å². The highest BCUT2D eigenvalue weighted by atomic mass is 16.5. The van der Waals surface area contributed by atoms with E-state index < -0.39 is 5.60 Å². The molecular formula is C14H23NO3. The topological polar surface area (TPSA) is 50.7 Å². The molecule has 0 amide bonds. The number of rotatable bonds is 7. The van der Waals surface area contributed by atoms with E-state index in [1.807, 2.05) is 32.2 Å². The van der Waals surface area contributed by atoms with Crippen LogP contribution in [0.5, 0.6) is 11.5 Å². The van der Waals surface area contributed by atoms with Gasteiger partial charge in [-0.2, -0.15) is 0 Å². The number of hydrogen-bond acceptors (Lipinski definition) is 4. The maximum atomic E-state index is 9.66. The van der Waals surface area contributed by atoms with Crippen LogP contribution in [-0.2, 0) is 6.54 Å². The number of nitrogens with one attached hydrogen (secondary N) is 1. The molecule has 0 unspecified atom stereocenters. The second kappa shape index (κ2) is 6.61. The second-order valence-electron chi connectivity index (χ2n) is 4.85. The van der Waals surface area contributed by atoms with Crippen LogP contribution in [0.4, 0.5) is 0 Å². The van der Waals surface area contributed by atoms with E-state index >= 15 is 0 Å². The van der Waals surface area contributed by atoms with Gasteiger partial charge in [0.2, 0.25) is 0 Å². The largest absolute Gasteiger partial charge is 0.490 e. The van der Waals surface area contributed by atoms with Gasteiger partial charge in [-0.05, 0) is 45.5 Å². The lowest BCUT2D eigenvalue weighted by Crippen LogP contribution is -2.28. The van der Waals surface area contributed by atoms with E-state index in [4.69, 9.17) is 9.47 Å². The maximum absolute atomic E-state index is 9.66. The lowest BCUT2D eigenvalue weighted by molar-refractivity contribution is 0.0274. The van der Waals surface area contributed by atoms with Crippen LogP contribution in [0.2, 0.25) is 0 Å². The summed E-state index contributed by atoms with van der Waals surface area (Å²) in [6.07, 6.45) is 0. The van der Waals surface area contributed by atoms with E-state index in [2.05, 4.69) is 5.32 Å². The number of benzene rings is 1. The highest BCUT2D eigenvalue weighted by molar-refractivity contribution is 5.43. The minimum absolute atomic E-state index is 0.235. The molecule has 102 valence electrons. The highest BCUT2D eigenvalue weighted by Gasteiger charge is 2.15. The molecule has 0 aliphatic rings. The molecule has 0 atom stereocenters. The van der Waals surface area contributed by atoms with E-state index in [1.54, 1.807) is 13.8 Å². The molecule has 1 aromatic carbocycles. The summed E-state index contributed by atoms with van der Waals surface area (Å²) >= 11 is 0. The fourth-order valence-corrected chi connectivity index (χ4v) is 1.51. The first-order valence-electron chi connectivity index (χ1n) is 6.22. The fraction of sp³-hybridized carbons (Fsp3) is 0.571. The zero-order valence-electron chi connectivity index (χ0n) is 11.6. The highest BCUT2D eigenvalue weighted by Crippen LogP contribution is 2.29. The summed E-state index contributed by atoms with van der Waals surface area (Å²) in [6, 6.07) is 5.82. The quantitative estimate of drug-likeness (QED) is 0.780. The molecule has 4 nitrogen and oxygen atoms in total. The normalized spacial score (nSPS) is 11.4. The molecule has 0 radical (unpaired) electrons. The van der Waals surface area contributed by atoms with Gasteiger partial charge in [-0.1, -0.05) is 6.07 Å². The Morgan fingerprint density at radius 3 is 2.50 bits per heavy atom. The Balaban J connectivity index is 2.82. The molecule has 1 rings (SSSR count). The van der Waals surface area contributed by atoms with Crippen LogP contribution in [0.1, 0.15) is 26.3 Å². The van der Waals surface area contributed by atoms with Crippen molar-refractivity contribution in [1.82, 2.24) is 5.32 Å². The Bertz CT molecular complexity index is 372. The molecule has 1 aromatic rings. The van der Waals surface area contributed by atoms with Crippen molar-refractivity contribution in [2.45, 2.75) is 32.9 Å². The van der Waals surface area contributed by atoms with E-state index in [0.717, 1.165) is 17.9 Å². The van der Waals surface area contributed by atoms with Crippen LogP contribution in [-0.4, -0.2) is 31.0 Å². The SMILES string of the molecule is CCOc1cc(CNC)ccc1OCC(C)(C)O. The van der Waals surface area contributed by atoms with E-state index in [0.29, 0.717) is 12.4 Å². The molecular weight excluding hydrogens is 230 g/mol. The molecule has 0 fully saturated rings. The first-order chi connectivity index (χ1) is 8.46. The maximum Gasteiger partial charge on any atom is 0.161 e. The van der Waals surface area contributed by atoms with Crippen molar-refractivity contribution >= 4 is 0 Å². The molecule has 0 heterocycles. The summed E-state index contributed by atoms with van der Waals surface area (Å²) < 4.78 is 11.1. The Labute approximate surface area is 109 Å². The second-order valence-corrected chi connectivity index (χ2v) is 4.85. The predicted octanol–water partition coefficient (Wildman–Crippen LogP) is 1.95. The van der Waals surface area contributed by atoms with Crippen LogP contribution < -0.4 is 14.8 Å². The van der Waals surface area contributed by atoms with Crippen LogP contribution in [0.15, 0.2) is 18.2 Å². The monoisotopic (exact) mass is 253 g/mol. The van der Waals surface area contributed by atoms with Gasteiger partial charge >= 0.3 is 0 Å². The van der Waals surface area contributed by atoms with Crippen LogP contribution in [0, 0.1) is 0 Å². The van der Waals surface area contributed by atoms with Gasteiger partial charge in [-0.25, -0.2) is 0 Å². The Hall–Kier alpha value is -1.26. The molecule has 0 saturated carbocycles. The number of ether oxygens (including phenoxy) is 2. The Morgan fingerprint density at radius 1 is 1.22 bits per heavy atom. The van der Waals surface area contributed by atoms with Gasteiger partial charge in [-0.3, -0.25) is 0 Å². The van der Waals surface area contributed by atoms with Crippen molar-refractivity contribution < 1.29 is 14.6 Å². The Kier molecular flexibility index (Phi) is 5.44. The summed E-state index contributed by atoms with van der Waals surface area (Å²) in [5.74, 6) is 1.38. The fourth-order valence-electron chi connectivity index (χ4n) is 1.51. The molecule has 18 heavy (non-hydrogen) atoms. The van der Waals surface area contributed by atoms with E-state index in [9.17, 15) is 5.11 Å². The van der Waals surface area contributed by atoms with Crippen molar-refractivity contribution in [3.8, 4) is 11.5 Å². The van der Waals surface area contributed by atoms with Crippen molar-refractivity contribution in [2.24, 2.45) is 0 Å². The number of aliphatic hydroxyl groups is 1. The van der Waals surface area contributed by atoms with Gasteiger partial charge in [0.1, 0.15) is 6.61 Å². The molecule has 0 saturated heterocycles. The minimum Gasteiger partial charge on any atom is -0.490 e. The molecule has 2 N–H and O–H groups in total. The minimum atomic E-state index is -0.854. The van der Waals surface area contributed by atoms with Crippen molar-refractivity contribution in [3.05, 3.63) is 23.8 Å². The first kappa shape index (κ1) is 14.8. The molecule has 0 spiro atoms. The van der Waals surface area contributed by atoms with E-state index in [1.165, 1.54) is 0 Å². The van der Waals surface area contributed by atoms with Gasteiger partial charge in [0.15, 0.2) is 11.5 Å².